The maximum Gasteiger partial charge on any atom is 0.238 e. The van der Waals surface area contributed by atoms with Gasteiger partial charge >= 0.3 is 0 Å². The third kappa shape index (κ3) is 17.1. The summed E-state index contributed by atoms with van der Waals surface area (Å²) >= 11 is 0. The molecule has 0 amide bonds. The van der Waals surface area contributed by atoms with E-state index in [1.54, 1.807) is 54.6 Å². The summed E-state index contributed by atoms with van der Waals surface area (Å²) < 4.78 is 79.7. The van der Waals surface area contributed by atoms with Gasteiger partial charge in [-0.15, -0.1) is 0 Å². The molecular weight excluding hydrogens is 963 g/mol. The van der Waals surface area contributed by atoms with Crippen LogP contribution in [0.2, 0.25) is 0 Å². The van der Waals surface area contributed by atoms with Crippen LogP contribution in [0.15, 0.2) is 102 Å². The van der Waals surface area contributed by atoms with Gasteiger partial charge in [-0.25, -0.2) is 13.6 Å². The van der Waals surface area contributed by atoms with Crippen molar-refractivity contribution in [1.29, 1.82) is 0 Å². The Kier molecular flexibility index (Phi) is 19.8. The van der Waals surface area contributed by atoms with E-state index in [9.17, 15) is 34.0 Å². The molecule has 18 heteroatoms. The number of aromatic hydroxyl groups is 3. The van der Waals surface area contributed by atoms with Crippen LogP contribution in [0, 0.1) is 0 Å². The fraction of sp³-hybridized carbons (Fsp3) is 0.564. The number of aliphatic hydroxyl groups excluding tert-OH is 2. The smallest absolute Gasteiger partial charge is 0.238 e. The first kappa shape index (κ1) is 54.8. The van der Waals surface area contributed by atoms with Crippen molar-refractivity contribution >= 4 is 10.0 Å². The number of aliphatic hydroxyl groups is 2. The molecule has 73 heavy (non-hydrogen) atoms. The van der Waals surface area contributed by atoms with Crippen LogP contribution in [0.1, 0.15) is 139 Å². The molecule has 13 unspecified atom stereocenters. The third-order valence-corrected chi connectivity index (χ3v) is 14.8. The molecule has 17 nitrogen and oxygen atoms in total. The average molecular weight is 1040 g/mol. The van der Waals surface area contributed by atoms with Crippen LogP contribution in [0.3, 0.4) is 0 Å². The summed E-state index contributed by atoms with van der Waals surface area (Å²) in [6.07, 6.45) is 4.63. The molecule has 4 heterocycles. The lowest BCUT2D eigenvalue weighted by Crippen LogP contribution is -2.42. The summed E-state index contributed by atoms with van der Waals surface area (Å²) in [5.74, 6) is 0.830. The summed E-state index contributed by atoms with van der Waals surface area (Å²) in [7, 11) is -3.86. The number of rotatable bonds is 23. The van der Waals surface area contributed by atoms with E-state index in [0.717, 1.165) is 43.2 Å². The molecule has 0 aromatic heterocycles. The van der Waals surface area contributed by atoms with E-state index >= 15 is 0 Å². The fourth-order valence-electron chi connectivity index (χ4n) is 10.3. The van der Waals surface area contributed by atoms with Gasteiger partial charge in [-0.2, -0.15) is 0 Å². The first-order valence-corrected chi connectivity index (χ1v) is 27.4. The van der Waals surface area contributed by atoms with Gasteiger partial charge in [0.05, 0.1) is 66.4 Å². The molecule has 8 rings (SSSR count). The maximum atomic E-state index is 11.8. The van der Waals surface area contributed by atoms with E-state index in [0.29, 0.717) is 82.1 Å². The molecule has 4 aliphatic rings. The van der Waals surface area contributed by atoms with Crippen molar-refractivity contribution in [1.82, 2.24) is 0 Å². The third-order valence-electron chi connectivity index (χ3n) is 13.9. The second-order valence-corrected chi connectivity index (χ2v) is 21.5. The second kappa shape index (κ2) is 26.4. The van der Waals surface area contributed by atoms with Crippen molar-refractivity contribution in [2.24, 2.45) is 5.14 Å². The summed E-state index contributed by atoms with van der Waals surface area (Å²) in [5.41, 5.74) is 2.21. The monoisotopic (exact) mass is 1040 g/mol. The molecule has 0 radical (unpaired) electrons. The lowest BCUT2D eigenvalue weighted by molar-refractivity contribution is -0.258. The first-order chi connectivity index (χ1) is 35.2. The fourth-order valence-corrected chi connectivity index (χ4v) is 10.8. The minimum atomic E-state index is -3.86. The molecule has 0 spiro atoms. The number of hydrogen-bond acceptors (Lipinski definition) is 16. The quantitative estimate of drug-likeness (QED) is 0.0407. The molecule has 13 atom stereocenters. The number of phenolic OH excluding ortho intramolecular Hbond substituents is 3. The molecule has 7 N–H and O–H groups in total. The average Bonchev–Trinajstić information content (AvgIpc) is 3.35. The summed E-state index contributed by atoms with van der Waals surface area (Å²) in [6.45, 7) is 2.56. The zero-order valence-corrected chi connectivity index (χ0v) is 42.3. The van der Waals surface area contributed by atoms with Gasteiger partial charge in [0.25, 0.3) is 0 Å². The highest BCUT2D eigenvalue weighted by Crippen LogP contribution is 2.37. The Morgan fingerprint density at radius 2 is 1.04 bits per heavy atom. The van der Waals surface area contributed by atoms with Gasteiger partial charge in [-0.05, 0) is 151 Å². The molecule has 0 saturated carbocycles. The maximum absolute atomic E-state index is 11.8. The van der Waals surface area contributed by atoms with Gasteiger partial charge in [0.15, 0.2) is 25.2 Å². The predicted octanol–water partition coefficient (Wildman–Crippen LogP) is 8.61. The minimum Gasteiger partial charge on any atom is -0.508 e. The Balaban J connectivity index is 0.824. The van der Waals surface area contributed by atoms with Crippen molar-refractivity contribution in [3.8, 4) is 23.0 Å². The highest BCUT2D eigenvalue weighted by atomic mass is 32.2. The lowest BCUT2D eigenvalue weighted by Gasteiger charge is -2.37. The summed E-state index contributed by atoms with van der Waals surface area (Å²) in [4.78, 5) is -0.0263. The molecule has 4 aliphatic heterocycles. The summed E-state index contributed by atoms with van der Waals surface area (Å²) in [5, 5.41) is 58.1. The SMILES string of the molecule is CC1CC(CCCC2CC(CC(O)CCCC3CC(CCCC(O)CC4CCOC(c5cccc(O)c5)O4)OC(c4cccc(O)c4)O3)OC(COc3ccc(S(N)(=O)=O)cc3)O2)OC(c2cccc(O)c2)O1. The van der Waals surface area contributed by atoms with E-state index < -0.39 is 47.4 Å². The summed E-state index contributed by atoms with van der Waals surface area (Å²) in [6, 6.07) is 26.4. The molecule has 400 valence electrons. The molecule has 4 fully saturated rings. The lowest BCUT2D eigenvalue weighted by atomic mass is 9.95. The van der Waals surface area contributed by atoms with Gasteiger partial charge in [-0.3, -0.25) is 0 Å². The van der Waals surface area contributed by atoms with Crippen molar-refractivity contribution in [3.05, 3.63) is 114 Å². The second-order valence-electron chi connectivity index (χ2n) is 20.0. The largest absolute Gasteiger partial charge is 0.508 e. The van der Waals surface area contributed by atoms with Gasteiger partial charge in [0, 0.05) is 29.5 Å². The minimum absolute atomic E-state index is 0.0263. The van der Waals surface area contributed by atoms with Gasteiger partial charge < -0.3 is 68.2 Å². The van der Waals surface area contributed by atoms with E-state index in [2.05, 4.69) is 0 Å². The molecular formula is C55H73NO16S. The highest BCUT2D eigenvalue weighted by Gasteiger charge is 2.35. The Labute approximate surface area is 428 Å². The number of nitrogens with two attached hydrogens (primary N) is 1. The standard InChI is InChI=1S/C55H73NO16S/c1-35-26-45(70-54(66-35)37-9-3-12-40(58)28-37)18-7-19-46-33-50(68-52(67-46)34-65-44-20-22-51(23-21-44)73(56,62)63)31-43(61)15-6-17-48-32-47(71-55(72-48)38-10-4-13-41(59)29-38)16-5-14-42(60)30-49-24-25-64-53(69-49)36-8-2-11-39(57)27-36/h2-4,8-13,20-23,27-29,35,42-43,45-50,52-55,57-61H,5-7,14-19,24-26,30-34H2,1H3,(H2,56,62,63). The van der Waals surface area contributed by atoms with Crippen LogP contribution in [0.25, 0.3) is 0 Å². The van der Waals surface area contributed by atoms with Gasteiger partial charge in [0.1, 0.15) is 29.6 Å². The van der Waals surface area contributed by atoms with Crippen LogP contribution in [0.4, 0.5) is 0 Å². The number of sulfonamides is 1. The number of ether oxygens (including phenoxy) is 9. The Hall–Kier alpha value is -4.41. The van der Waals surface area contributed by atoms with Crippen LogP contribution in [0.5, 0.6) is 23.0 Å². The predicted molar refractivity (Wildman–Crippen MR) is 267 cm³/mol. The van der Waals surface area contributed by atoms with Crippen molar-refractivity contribution in [3.63, 3.8) is 0 Å². The highest BCUT2D eigenvalue weighted by molar-refractivity contribution is 7.89. The molecule has 0 aliphatic carbocycles. The van der Waals surface area contributed by atoms with E-state index in [-0.39, 0.29) is 71.5 Å². The van der Waals surface area contributed by atoms with Crippen molar-refractivity contribution in [2.75, 3.05) is 13.2 Å². The van der Waals surface area contributed by atoms with Crippen LogP contribution in [-0.2, 0) is 47.9 Å². The molecule has 4 saturated heterocycles. The Bertz CT molecular complexity index is 2430. The number of phenols is 3. The van der Waals surface area contributed by atoms with E-state index in [1.165, 1.54) is 24.3 Å². The van der Waals surface area contributed by atoms with Gasteiger partial charge in [0.2, 0.25) is 10.0 Å². The zero-order chi connectivity index (χ0) is 51.3. The number of hydrogen-bond donors (Lipinski definition) is 6. The van der Waals surface area contributed by atoms with Crippen LogP contribution >= 0.6 is 0 Å². The number of primary sulfonamides is 1. The van der Waals surface area contributed by atoms with E-state index in [4.69, 9.17) is 47.8 Å². The molecule has 4 aromatic carbocycles. The topological polar surface area (TPSA) is 244 Å². The molecule has 0 bridgehead atoms. The Morgan fingerprint density at radius 1 is 0.575 bits per heavy atom. The van der Waals surface area contributed by atoms with Crippen molar-refractivity contribution in [2.45, 2.75) is 188 Å². The van der Waals surface area contributed by atoms with E-state index in [1.807, 2.05) is 25.1 Å². The van der Waals surface area contributed by atoms with Crippen LogP contribution in [-0.4, -0.2) is 108 Å². The Morgan fingerprint density at radius 3 is 1.60 bits per heavy atom. The zero-order valence-electron chi connectivity index (χ0n) is 41.5. The van der Waals surface area contributed by atoms with Crippen molar-refractivity contribution < 1.29 is 76.6 Å². The molecule has 4 aromatic rings. The van der Waals surface area contributed by atoms with Crippen LogP contribution < -0.4 is 9.88 Å². The normalized spacial score (nSPS) is 28.8. The van der Waals surface area contributed by atoms with Gasteiger partial charge in [-0.1, -0.05) is 36.4 Å². The first-order valence-electron chi connectivity index (χ1n) is 25.9. The number of benzene rings is 4.